The first kappa shape index (κ1) is 16.6. The van der Waals surface area contributed by atoms with Gasteiger partial charge in [-0.1, -0.05) is 16.8 Å². The summed E-state index contributed by atoms with van der Waals surface area (Å²) < 4.78 is 0.819. The number of aromatic nitrogens is 5. The lowest BCUT2D eigenvalue weighted by atomic mass is 9.93. The van der Waals surface area contributed by atoms with Crippen LogP contribution in [0, 0.1) is 0 Å². The Hall–Kier alpha value is -1.90. The molecule has 4 rings (SSSR count). The molecule has 9 heteroatoms. The molecule has 132 valence electrons. The molecule has 4 heterocycles. The SMILES string of the molecule is Clc1ccc(CNc2cc(C3CCN(Cc4cnn[nH]4)CC3)n[nH]2)s1. The van der Waals surface area contributed by atoms with Crippen molar-refractivity contribution in [1.29, 1.82) is 0 Å². The van der Waals surface area contributed by atoms with Gasteiger partial charge in [0.05, 0.1) is 28.5 Å². The van der Waals surface area contributed by atoms with Crippen LogP contribution in [0.25, 0.3) is 0 Å². The molecule has 1 fully saturated rings. The van der Waals surface area contributed by atoms with E-state index in [1.165, 1.54) is 4.88 Å². The number of piperidine rings is 1. The van der Waals surface area contributed by atoms with Crippen LogP contribution in [-0.2, 0) is 13.1 Å². The van der Waals surface area contributed by atoms with E-state index in [0.717, 1.165) is 60.6 Å². The number of halogens is 1. The minimum absolute atomic E-state index is 0.513. The molecule has 3 aromatic heterocycles. The topological polar surface area (TPSA) is 85.5 Å². The number of nitrogens with one attached hydrogen (secondary N) is 3. The Morgan fingerprint density at radius 3 is 2.88 bits per heavy atom. The monoisotopic (exact) mass is 377 g/mol. The summed E-state index contributed by atoms with van der Waals surface area (Å²) in [7, 11) is 0. The Bertz CT molecular complexity index is 789. The van der Waals surface area contributed by atoms with E-state index in [9.17, 15) is 0 Å². The molecule has 1 aliphatic rings. The van der Waals surface area contributed by atoms with Gasteiger partial charge in [0.15, 0.2) is 0 Å². The molecule has 0 unspecified atom stereocenters. The Kier molecular flexibility index (Phi) is 5.00. The minimum atomic E-state index is 0.513. The second-order valence-electron chi connectivity index (χ2n) is 6.30. The number of hydrogen-bond donors (Lipinski definition) is 3. The van der Waals surface area contributed by atoms with Crippen LogP contribution in [-0.4, -0.2) is 43.6 Å². The van der Waals surface area contributed by atoms with Gasteiger partial charge in [-0.2, -0.15) is 5.10 Å². The van der Waals surface area contributed by atoms with Gasteiger partial charge in [-0.15, -0.1) is 16.4 Å². The van der Waals surface area contributed by atoms with Crippen molar-refractivity contribution in [3.8, 4) is 0 Å². The molecule has 0 amide bonds. The molecule has 3 aromatic rings. The second kappa shape index (κ2) is 7.55. The maximum absolute atomic E-state index is 5.96. The maximum Gasteiger partial charge on any atom is 0.121 e. The average Bonchev–Trinajstić information content (AvgIpc) is 3.36. The number of anilines is 1. The van der Waals surface area contributed by atoms with Crippen LogP contribution in [0.3, 0.4) is 0 Å². The highest BCUT2D eigenvalue weighted by atomic mass is 35.5. The van der Waals surface area contributed by atoms with Crippen molar-refractivity contribution in [3.05, 3.63) is 45.0 Å². The summed E-state index contributed by atoms with van der Waals surface area (Å²) in [5, 5.41) is 21.5. The molecule has 0 saturated carbocycles. The molecule has 1 saturated heterocycles. The summed E-state index contributed by atoms with van der Waals surface area (Å²) in [6, 6.07) is 6.10. The van der Waals surface area contributed by atoms with Crippen molar-refractivity contribution < 1.29 is 0 Å². The first-order chi connectivity index (χ1) is 12.3. The van der Waals surface area contributed by atoms with Gasteiger partial charge >= 0.3 is 0 Å². The van der Waals surface area contributed by atoms with Gasteiger partial charge in [-0.05, 0) is 38.1 Å². The third kappa shape index (κ3) is 4.20. The lowest BCUT2D eigenvalue weighted by Crippen LogP contribution is -2.32. The van der Waals surface area contributed by atoms with E-state index in [1.54, 1.807) is 17.5 Å². The number of H-pyrrole nitrogens is 2. The van der Waals surface area contributed by atoms with Gasteiger partial charge in [0.1, 0.15) is 5.82 Å². The summed E-state index contributed by atoms with van der Waals surface area (Å²) in [5.74, 6) is 1.48. The number of thiophene rings is 1. The maximum atomic E-state index is 5.96. The summed E-state index contributed by atoms with van der Waals surface area (Å²) in [5.41, 5.74) is 2.22. The average molecular weight is 378 g/mol. The van der Waals surface area contributed by atoms with Crippen molar-refractivity contribution >= 4 is 28.8 Å². The molecule has 0 bridgehead atoms. The normalized spacial score (nSPS) is 16.4. The predicted octanol–water partition coefficient (Wildman–Crippen LogP) is 3.23. The third-order valence-corrected chi connectivity index (χ3v) is 5.78. The summed E-state index contributed by atoms with van der Waals surface area (Å²) >= 11 is 7.56. The smallest absolute Gasteiger partial charge is 0.121 e. The van der Waals surface area contributed by atoms with Gasteiger partial charge in [0.2, 0.25) is 0 Å². The molecule has 0 aromatic carbocycles. The van der Waals surface area contributed by atoms with E-state index >= 15 is 0 Å². The molecule has 0 atom stereocenters. The van der Waals surface area contributed by atoms with Crippen LogP contribution in [0.2, 0.25) is 4.34 Å². The van der Waals surface area contributed by atoms with Crippen molar-refractivity contribution in [2.75, 3.05) is 18.4 Å². The first-order valence-electron chi connectivity index (χ1n) is 8.37. The Morgan fingerprint density at radius 1 is 1.28 bits per heavy atom. The Morgan fingerprint density at radius 2 is 2.16 bits per heavy atom. The van der Waals surface area contributed by atoms with Crippen LogP contribution in [0.15, 0.2) is 24.4 Å². The van der Waals surface area contributed by atoms with Gasteiger partial charge in [-0.25, -0.2) is 0 Å². The van der Waals surface area contributed by atoms with Crippen LogP contribution in [0.4, 0.5) is 5.82 Å². The summed E-state index contributed by atoms with van der Waals surface area (Å²) in [6.45, 7) is 3.77. The number of aromatic amines is 2. The van der Waals surface area contributed by atoms with E-state index in [2.05, 4.69) is 41.9 Å². The highest BCUT2D eigenvalue weighted by Crippen LogP contribution is 2.29. The van der Waals surface area contributed by atoms with E-state index in [1.807, 2.05) is 12.1 Å². The van der Waals surface area contributed by atoms with E-state index in [0.29, 0.717) is 5.92 Å². The number of nitrogens with zero attached hydrogens (tertiary/aromatic N) is 4. The first-order valence-corrected chi connectivity index (χ1v) is 9.56. The van der Waals surface area contributed by atoms with Crippen molar-refractivity contribution in [1.82, 2.24) is 30.5 Å². The number of hydrogen-bond acceptors (Lipinski definition) is 6. The highest BCUT2D eigenvalue weighted by molar-refractivity contribution is 7.16. The van der Waals surface area contributed by atoms with Crippen LogP contribution in [0.5, 0.6) is 0 Å². The van der Waals surface area contributed by atoms with Gasteiger partial charge in [0, 0.05) is 23.4 Å². The van der Waals surface area contributed by atoms with Crippen LogP contribution >= 0.6 is 22.9 Å². The fraction of sp³-hybridized carbons (Fsp3) is 0.438. The van der Waals surface area contributed by atoms with Crippen LogP contribution in [0.1, 0.15) is 35.0 Å². The van der Waals surface area contributed by atoms with Crippen molar-refractivity contribution in [2.45, 2.75) is 31.8 Å². The zero-order chi connectivity index (χ0) is 17.1. The summed E-state index contributed by atoms with van der Waals surface area (Å²) in [6.07, 6.45) is 4.03. The molecular formula is C16H20ClN7S. The minimum Gasteiger partial charge on any atom is -0.366 e. The lowest BCUT2D eigenvalue weighted by molar-refractivity contribution is 0.201. The standard InChI is InChI=1S/C16H20ClN7S/c17-15-2-1-13(25-15)9-18-16-7-14(21-22-16)11-3-5-24(6-4-11)10-12-8-19-23-20-12/h1-2,7-8,11H,3-6,9-10H2,(H2,18,21,22)(H,19,20,23). The van der Waals surface area contributed by atoms with Crippen molar-refractivity contribution in [2.24, 2.45) is 0 Å². The largest absolute Gasteiger partial charge is 0.366 e. The van der Waals surface area contributed by atoms with Gasteiger partial charge in [-0.3, -0.25) is 15.1 Å². The molecule has 1 aliphatic heterocycles. The number of rotatable bonds is 6. The van der Waals surface area contributed by atoms with Crippen LogP contribution < -0.4 is 5.32 Å². The Balaban J connectivity index is 1.27. The van der Waals surface area contributed by atoms with E-state index in [4.69, 9.17) is 11.6 Å². The number of likely N-dealkylation sites (tertiary alicyclic amines) is 1. The lowest BCUT2D eigenvalue weighted by Gasteiger charge is -2.30. The zero-order valence-electron chi connectivity index (χ0n) is 13.7. The predicted molar refractivity (Wildman–Crippen MR) is 98.9 cm³/mol. The third-order valence-electron chi connectivity index (χ3n) is 4.54. The zero-order valence-corrected chi connectivity index (χ0v) is 15.3. The molecular weight excluding hydrogens is 358 g/mol. The quantitative estimate of drug-likeness (QED) is 0.614. The van der Waals surface area contributed by atoms with Gasteiger partial charge < -0.3 is 5.32 Å². The molecule has 3 N–H and O–H groups in total. The summed E-state index contributed by atoms with van der Waals surface area (Å²) in [4.78, 5) is 3.64. The molecule has 0 radical (unpaired) electrons. The molecule has 0 spiro atoms. The fourth-order valence-corrected chi connectivity index (χ4v) is 4.22. The van der Waals surface area contributed by atoms with E-state index in [-0.39, 0.29) is 0 Å². The molecule has 25 heavy (non-hydrogen) atoms. The van der Waals surface area contributed by atoms with E-state index < -0.39 is 0 Å². The molecule has 0 aliphatic carbocycles. The molecule has 7 nitrogen and oxygen atoms in total. The van der Waals surface area contributed by atoms with Gasteiger partial charge in [0.25, 0.3) is 0 Å². The van der Waals surface area contributed by atoms with Crippen molar-refractivity contribution in [3.63, 3.8) is 0 Å². The highest BCUT2D eigenvalue weighted by Gasteiger charge is 2.23. The second-order valence-corrected chi connectivity index (χ2v) is 8.10. The fourth-order valence-electron chi connectivity index (χ4n) is 3.19. The Labute approximate surface area is 154 Å².